The number of hydrogen-bond acceptors (Lipinski definition) is 3. The molecule has 1 N–H and O–H groups in total. The fourth-order valence-corrected chi connectivity index (χ4v) is 3.01. The molecule has 0 saturated carbocycles. The molecule has 0 bridgehead atoms. The van der Waals surface area contributed by atoms with Gasteiger partial charge in [-0.3, -0.25) is 9.48 Å². The first-order chi connectivity index (χ1) is 10.4. The van der Waals surface area contributed by atoms with E-state index in [1.54, 1.807) is 9.58 Å². The van der Waals surface area contributed by atoms with Gasteiger partial charge in [0, 0.05) is 28.8 Å². The summed E-state index contributed by atoms with van der Waals surface area (Å²) in [5.74, 6) is 0.217. The molecule has 1 atom stereocenters. The summed E-state index contributed by atoms with van der Waals surface area (Å²) in [6.07, 6.45) is 0. The van der Waals surface area contributed by atoms with Gasteiger partial charge in [0.15, 0.2) is 0 Å². The normalized spacial score (nSPS) is 23.0. The number of carbonyl (C=O) groups excluding carboxylic acids is 1. The number of hydrogen-bond donors (Lipinski definition) is 1. The summed E-state index contributed by atoms with van der Waals surface area (Å²) in [7, 11) is 0. The molecule has 0 aromatic carbocycles. The zero-order chi connectivity index (χ0) is 17.6. The molecule has 1 aromatic rings. The molecule has 2 heterocycles. The van der Waals surface area contributed by atoms with Gasteiger partial charge >= 0.3 is 0 Å². The van der Waals surface area contributed by atoms with E-state index in [2.05, 4.69) is 25.9 Å². The van der Waals surface area contributed by atoms with Crippen LogP contribution in [0.4, 0.5) is 0 Å². The van der Waals surface area contributed by atoms with Gasteiger partial charge in [-0.1, -0.05) is 20.8 Å². The van der Waals surface area contributed by atoms with Gasteiger partial charge in [-0.2, -0.15) is 5.10 Å². The average molecular weight is 342 g/mol. The van der Waals surface area contributed by atoms with Gasteiger partial charge in [0.25, 0.3) is 5.91 Å². The summed E-state index contributed by atoms with van der Waals surface area (Å²) in [6.45, 7) is 13.0. The predicted octanol–water partition coefficient (Wildman–Crippen LogP) is 2.65. The van der Waals surface area contributed by atoms with E-state index in [0.29, 0.717) is 18.8 Å². The fraction of sp³-hybridized carbons (Fsp3) is 0.765. The first kappa shape index (κ1) is 18.3. The van der Waals surface area contributed by atoms with Gasteiger partial charge in [0.1, 0.15) is 5.69 Å². The van der Waals surface area contributed by atoms with Crippen molar-refractivity contribution in [3.8, 4) is 0 Å². The van der Waals surface area contributed by atoms with Crippen LogP contribution < -0.4 is 0 Å². The SMILES string of the molecule is CC(C)(C)c1cc2n(n1)CC(CO)(CCl)CN(C(C)(C)C)C2=O. The number of rotatable bonds is 2. The first-order valence-electron chi connectivity index (χ1n) is 8.01. The van der Waals surface area contributed by atoms with Crippen molar-refractivity contribution >= 4 is 17.5 Å². The van der Waals surface area contributed by atoms with Gasteiger partial charge < -0.3 is 10.0 Å². The Hall–Kier alpha value is -1.07. The zero-order valence-electron chi connectivity index (χ0n) is 15.0. The monoisotopic (exact) mass is 341 g/mol. The number of fused-ring (bicyclic) bond motifs is 1. The summed E-state index contributed by atoms with van der Waals surface area (Å²) < 4.78 is 1.73. The lowest BCUT2D eigenvalue weighted by molar-refractivity contribution is 0.0332. The van der Waals surface area contributed by atoms with E-state index in [-0.39, 0.29) is 29.3 Å². The molecule has 0 spiro atoms. The Balaban J connectivity index is 2.60. The molecule has 5 nitrogen and oxygen atoms in total. The molecular weight excluding hydrogens is 314 g/mol. The van der Waals surface area contributed by atoms with Crippen LogP contribution >= 0.6 is 11.6 Å². The number of nitrogens with zero attached hydrogens (tertiary/aromatic N) is 3. The van der Waals surface area contributed by atoms with Crippen molar-refractivity contribution in [2.45, 2.75) is 59.0 Å². The van der Waals surface area contributed by atoms with Crippen LogP contribution in [0.1, 0.15) is 57.7 Å². The third-order valence-corrected chi connectivity index (χ3v) is 4.99. The van der Waals surface area contributed by atoms with Crippen molar-refractivity contribution < 1.29 is 9.90 Å². The number of aliphatic hydroxyl groups is 1. The molecule has 0 fully saturated rings. The van der Waals surface area contributed by atoms with Crippen molar-refractivity contribution in [3.63, 3.8) is 0 Å². The van der Waals surface area contributed by atoms with E-state index in [4.69, 9.17) is 11.6 Å². The van der Waals surface area contributed by atoms with Gasteiger partial charge in [0.05, 0.1) is 18.8 Å². The highest BCUT2D eigenvalue weighted by Gasteiger charge is 2.43. The number of amides is 1. The van der Waals surface area contributed by atoms with Crippen molar-refractivity contribution in [2.24, 2.45) is 5.41 Å². The number of aromatic nitrogens is 2. The third kappa shape index (κ3) is 3.41. The highest BCUT2D eigenvalue weighted by molar-refractivity contribution is 6.18. The second-order valence-electron chi connectivity index (χ2n) is 8.68. The van der Waals surface area contributed by atoms with Crippen LogP contribution in [0.25, 0.3) is 0 Å². The van der Waals surface area contributed by atoms with E-state index in [1.807, 2.05) is 26.8 Å². The molecule has 23 heavy (non-hydrogen) atoms. The number of aliphatic hydroxyl groups excluding tert-OH is 1. The topological polar surface area (TPSA) is 58.4 Å². The van der Waals surface area contributed by atoms with Gasteiger partial charge in [-0.25, -0.2) is 0 Å². The molecule has 0 radical (unpaired) electrons. The molecule has 1 aromatic heterocycles. The lowest BCUT2D eigenvalue weighted by atomic mass is 9.89. The highest BCUT2D eigenvalue weighted by Crippen LogP contribution is 2.33. The van der Waals surface area contributed by atoms with Crippen LogP contribution in [-0.2, 0) is 12.0 Å². The first-order valence-corrected chi connectivity index (χ1v) is 8.54. The van der Waals surface area contributed by atoms with Gasteiger partial charge in [-0.05, 0) is 26.8 Å². The Kier molecular flexibility index (Phi) is 4.59. The maximum Gasteiger partial charge on any atom is 0.272 e. The minimum absolute atomic E-state index is 0.0547. The Bertz CT molecular complexity index is 592. The number of alkyl halides is 1. The predicted molar refractivity (Wildman–Crippen MR) is 92.0 cm³/mol. The molecule has 2 rings (SSSR count). The van der Waals surface area contributed by atoms with E-state index in [1.165, 1.54) is 0 Å². The maximum atomic E-state index is 13.1. The second kappa shape index (κ2) is 5.78. The van der Waals surface area contributed by atoms with Crippen LogP contribution in [0.2, 0.25) is 0 Å². The quantitative estimate of drug-likeness (QED) is 0.841. The summed E-state index contributed by atoms with van der Waals surface area (Å²) in [5, 5.41) is 14.6. The summed E-state index contributed by atoms with van der Waals surface area (Å²) in [6, 6.07) is 1.88. The van der Waals surface area contributed by atoms with Crippen LogP contribution in [-0.4, -0.2) is 50.3 Å². The minimum Gasteiger partial charge on any atom is -0.396 e. The molecule has 1 amide bonds. The van der Waals surface area contributed by atoms with Crippen LogP contribution in [0.15, 0.2) is 6.07 Å². The third-order valence-electron chi connectivity index (χ3n) is 4.42. The standard InChI is InChI=1S/C17H28ClN3O2/c1-15(2,3)13-7-12-14(23)20(16(4,5)6)9-17(8-18,11-22)10-21(12)19-13/h7,22H,8-11H2,1-6H3. The maximum absolute atomic E-state index is 13.1. The van der Waals surface area contributed by atoms with E-state index >= 15 is 0 Å². The lowest BCUT2D eigenvalue weighted by Crippen LogP contribution is -2.51. The molecule has 1 unspecified atom stereocenters. The van der Waals surface area contributed by atoms with E-state index in [0.717, 1.165) is 5.69 Å². The number of halogens is 1. The summed E-state index contributed by atoms with van der Waals surface area (Å²) in [5.41, 5.74) is 0.361. The Morgan fingerprint density at radius 1 is 1.26 bits per heavy atom. The average Bonchev–Trinajstić information content (AvgIpc) is 2.80. The summed E-state index contributed by atoms with van der Waals surface area (Å²) in [4.78, 5) is 14.9. The van der Waals surface area contributed by atoms with Gasteiger partial charge in [-0.15, -0.1) is 11.6 Å². The fourth-order valence-electron chi connectivity index (χ4n) is 2.76. The largest absolute Gasteiger partial charge is 0.396 e. The van der Waals surface area contributed by atoms with Crippen molar-refractivity contribution in [3.05, 3.63) is 17.5 Å². The molecule has 1 aliphatic rings. The molecule has 130 valence electrons. The molecule has 0 saturated heterocycles. The van der Waals surface area contributed by atoms with Crippen molar-refractivity contribution in [1.29, 1.82) is 0 Å². The Morgan fingerprint density at radius 2 is 1.87 bits per heavy atom. The van der Waals surface area contributed by atoms with Crippen LogP contribution in [0.3, 0.4) is 0 Å². The Morgan fingerprint density at radius 3 is 2.30 bits per heavy atom. The van der Waals surface area contributed by atoms with Gasteiger partial charge in [0.2, 0.25) is 0 Å². The highest BCUT2D eigenvalue weighted by atomic mass is 35.5. The van der Waals surface area contributed by atoms with E-state index in [9.17, 15) is 9.90 Å². The van der Waals surface area contributed by atoms with Crippen LogP contribution in [0, 0.1) is 5.41 Å². The van der Waals surface area contributed by atoms with Crippen LogP contribution in [0.5, 0.6) is 0 Å². The van der Waals surface area contributed by atoms with Crippen molar-refractivity contribution in [2.75, 3.05) is 19.0 Å². The number of carbonyl (C=O) groups is 1. The second-order valence-corrected chi connectivity index (χ2v) is 8.94. The molecule has 0 aliphatic carbocycles. The molecule has 1 aliphatic heterocycles. The zero-order valence-corrected chi connectivity index (χ0v) is 15.7. The van der Waals surface area contributed by atoms with Crippen molar-refractivity contribution in [1.82, 2.24) is 14.7 Å². The molecular formula is C17H28ClN3O2. The lowest BCUT2D eigenvalue weighted by Gasteiger charge is -2.40. The van der Waals surface area contributed by atoms with E-state index < -0.39 is 5.41 Å². The minimum atomic E-state index is -0.586. The smallest absolute Gasteiger partial charge is 0.272 e. The summed E-state index contributed by atoms with van der Waals surface area (Å²) >= 11 is 6.20. The molecule has 6 heteroatoms. The Labute approximate surface area is 143 Å².